The predicted molar refractivity (Wildman–Crippen MR) is 91.6 cm³/mol. The van der Waals surface area contributed by atoms with Crippen molar-refractivity contribution in [1.82, 2.24) is 25.3 Å². The van der Waals surface area contributed by atoms with E-state index in [9.17, 15) is 4.79 Å². The second kappa shape index (κ2) is 6.37. The SMILES string of the molecule is CN(CC(=O)N[C@H]1CCC[C@H](C2CC2)C1)c1ncnc2nc[nH]c12. The number of carbonyl (C=O) groups excluding carboxylic acids is 1. The molecule has 2 atom stereocenters. The van der Waals surface area contributed by atoms with Gasteiger partial charge in [-0.2, -0.15) is 0 Å². The molecule has 2 aliphatic rings. The monoisotopic (exact) mass is 328 g/mol. The molecule has 0 aliphatic heterocycles. The number of aromatic nitrogens is 4. The quantitative estimate of drug-likeness (QED) is 0.875. The molecule has 0 aromatic carbocycles. The summed E-state index contributed by atoms with van der Waals surface area (Å²) >= 11 is 0. The van der Waals surface area contributed by atoms with Crippen LogP contribution in [0.5, 0.6) is 0 Å². The number of rotatable bonds is 5. The minimum atomic E-state index is 0.0604. The number of H-pyrrole nitrogens is 1. The average Bonchev–Trinajstić information content (AvgIpc) is 3.31. The lowest BCUT2D eigenvalue weighted by Gasteiger charge is -2.30. The van der Waals surface area contributed by atoms with E-state index in [1.54, 1.807) is 6.33 Å². The standard InChI is InChI=1S/C17H24N6O/c1-23(17-15-16(19-9-18-15)20-10-21-17)8-14(24)22-13-4-2-3-12(7-13)11-5-6-11/h9-13H,2-8H2,1H3,(H,22,24)(H,18,19,20,21)/t12-,13-/m0/s1. The van der Waals surface area contributed by atoms with Crippen molar-refractivity contribution in [3.05, 3.63) is 12.7 Å². The highest BCUT2D eigenvalue weighted by molar-refractivity contribution is 5.87. The topological polar surface area (TPSA) is 86.8 Å². The lowest BCUT2D eigenvalue weighted by Crippen LogP contribution is -2.43. The van der Waals surface area contributed by atoms with Crippen LogP contribution in [0, 0.1) is 11.8 Å². The molecule has 24 heavy (non-hydrogen) atoms. The van der Waals surface area contributed by atoms with Gasteiger partial charge in [0.05, 0.1) is 12.9 Å². The highest BCUT2D eigenvalue weighted by atomic mass is 16.2. The molecule has 2 fully saturated rings. The van der Waals surface area contributed by atoms with Gasteiger partial charge < -0.3 is 15.2 Å². The normalized spacial score (nSPS) is 24.0. The molecular formula is C17H24N6O. The van der Waals surface area contributed by atoms with E-state index < -0.39 is 0 Å². The molecule has 0 bridgehead atoms. The van der Waals surface area contributed by atoms with Gasteiger partial charge in [-0.15, -0.1) is 0 Å². The minimum Gasteiger partial charge on any atom is -0.352 e. The van der Waals surface area contributed by atoms with Gasteiger partial charge in [0.15, 0.2) is 11.5 Å². The molecule has 4 rings (SSSR count). The Labute approximate surface area is 141 Å². The third-order valence-corrected chi connectivity index (χ3v) is 5.31. The summed E-state index contributed by atoms with van der Waals surface area (Å²) in [5.41, 5.74) is 1.38. The Morgan fingerprint density at radius 3 is 2.96 bits per heavy atom. The zero-order valence-electron chi connectivity index (χ0n) is 14.0. The summed E-state index contributed by atoms with van der Waals surface area (Å²) in [6, 6.07) is 0.336. The van der Waals surface area contributed by atoms with Crippen molar-refractivity contribution in [3.8, 4) is 0 Å². The van der Waals surface area contributed by atoms with Crippen molar-refractivity contribution >= 4 is 22.9 Å². The zero-order chi connectivity index (χ0) is 16.5. The van der Waals surface area contributed by atoms with Crippen LogP contribution in [-0.4, -0.2) is 45.5 Å². The van der Waals surface area contributed by atoms with Gasteiger partial charge in [-0.1, -0.05) is 12.8 Å². The fourth-order valence-electron chi connectivity index (χ4n) is 3.96. The predicted octanol–water partition coefficient (Wildman–Crippen LogP) is 1.87. The third-order valence-electron chi connectivity index (χ3n) is 5.31. The molecule has 7 heteroatoms. The zero-order valence-corrected chi connectivity index (χ0v) is 14.0. The number of likely N-dealkylation sites (N-methyl/N-ethyl adjacent to an activating group) is 1. The van der Waals surface area contributed by atoms with Gasteiger partial charge in [-0.3, -0.25) is 4.79 Å². The summed E-state index contributed by atoms with van der Waals surface area (Å²) in [6.45, 7) is 0.287. The van der Waals surface area contributed by atoms with Crippen LogP contribution in [0.3, 0.4) is 0 Å². The van der Waals surface area contributed by atoms with Crippen LogP contribution in [0.4, 0.5) is 5.82 Å². The number of carbonyl (C=O) groups is 1. The number of amides is 1. The van der Waals surface area contributed by atoms with Gasteiger partial charge in [-0.25, -0.2) is 15.0 Å². The Kier molecular flexibility index (Phi) is 4.08. The fourth-order valence-corrected chi connectivity index (χ4v) is 3.96. The maximum atomic E-state index is 12.4. The second-order valence-corrected chi connectivity index (χ2v) is 7.18. The molecule has 2 heterocycles. The van der Waals surface area contributed by atoms with E-state index in [2.05, 4.69) is 25.3 Å². The van der Waals surface area contributed by atoms with Crippen molar-refractivity contribution in [2.75, 3.05) is 18.5 Å². The molecule has 0 radical (unpaired) electrons. The molecule has 128 valence electrons. The van der Waals surface area contributed by atoms with Gasteiger partial charge >= 0.3 is 0 Å². The molecule has 2 saturated carbocycles. The lowest BCUT2D eigenvalue weighted by molar-refractivity contribution is -0.120. The Bertz CT molecular complexity index is 725. The molecule has 2 aromatic heterocycles. The Hall–Kier alpha value is -2.18. The maximum absolute atomic E-state index is 12.4. The second-order valence-electron chi connectivity index (χ2n) is 7.18. The van der Waals surface area contributed by atoms with E-state index in [4.69, 9.17) is 0 Å². The van der Waals surface area contributed by atoms with E-state index in [1.165, 1.54) is 32.0 Å². The van der Waals surface area contributed by atoms with E-state index in [1.807, 2.05) is 11.9 Å². The van der Waals surface area contributed by atoms with Crippen molar-refractivity contribution < 1.29 is 4.79 Å². The van der Waals surface area contributed by atoms with Crippen molar-refractivity contribution in [1.29, 1.82) is 0 Å². The number of nitrogens with zero attached hydrogens (tertiary/aromatic N) is 4. The van der Waals surface area contributed by atoms with E-state index in [0.29, 0.717) is 17.5 Å². The molecule has 0 unspecified atom stereocenters. The number of imidazole rings is 1. The molecule has 2 N–H and O–H groups in total. The van der Waals surface area contributed by atoms with Crippen molar-refractivity contribution in [2.24, 2.45) is 11.8 Å². The van der Waals surface area contributed by atoms with Gasteiger partial charge in [0, 0.05) is 13.1 Å². The highest BCUT2D eigenvalue weighted by Crippen LogP contribution is 2.43. The molecule has 0 spiro atoms. The van der Waals surface area contributed by atoms with Gasteiger partial charge in [0.2, 0.25) is 5.91 Å². The van der Waals surface area contributed by atoms with Crippen LogP contribution in [0.25, 0.3) is 11.2 Å². The minimum absolute atomic E-state index is 0.0604. The molecule has 1 amide bonds. The Balaban J connectivity index is 1.36. The van der Waals surface area contributed by atoms with Crippen LogP contribution in [0.1, 0.15) is 38.5 Å². The van der Waals surface area contributed by atoms with Gasteiger partial charge in [0.1, 0.15) is 11.8 Å². The molecule has 0 saturated heterocycles. The largest absolute Gasteiger partial charge is 0.352 e. The van der Waals surface area contributed by atoms with Crippen LogP contribution in [0.2, 0.25) is 0 Å². The number of hydrogen-bond donors (Lipinski definition) is 2. The van der Waals surface area contributed by atoms with E-state index in [-0.39, 0.29) is 12.5 Å². The number of aromatic amines is 1. The summed E-state index contributed by atoms with van der Waals surface area (Å²) in [7, 11) is 1.87. The van der Waals surface area contributed by atoms with E-state index in [0.717, 1.165) is 30.2 Å². The lowest BCUT2D eigenvalue weighted by atomic mass is 9.83. The number of nitrogens with one attached hydrogen (secondary N) is 2. The molecule has 7 nitrogen and oxygen atoms in total. The molecular weight excluding hydrogens is 304 g/mol. The molecule has 2 aromatic rings. The van der Waals surface area contributed by atoms with Crippen molar-refractivity contribution in [3.63, 3.8) is 0 Å². The van der Waals surface area contributed by atoms with Crippen LogP contribution >= 0.6 is 0 Å². The first-order valence-electron chi connectivity index (χ1n) is 8.85. The van der Waals surface area contributed by atoms with Gasteiger partial charge in [0.25, 0.3) is 0 Å². The molecule has 2 aliphatic carbocycles. The smallest absolute Gasteiger partial charge is 0.239 e. The number of anilines is 1. The Morgan fingerprint density at radius 1 is 1.25 bits per heavy atom. The number of hydrogen-bond acceptors (Lipinski definition) is 5. The summed E-state index contributed by atoms with van der Waals surface area (Å²) in [4.78, 5) is 29.8. The average molecular weight is 328 g/mol. The summed E-state index contributed by atoms with van der Waals surface area (Å²) in [5, 5.41) is 3.22. The fraction of sp³-hybridized carbons (Fsp3) is 0.647. The van der Waals surface area contributed by atoms with Crippen LogP contribution in [-0.2, 0) is 4.79 Å². The maximum Gasteiger partial charge on any atom is 0.239 e. The summed E-state index contributed by atoms with van der Waals surface area (Å²) in [6.07, 6.45) is 10.7. The van der Waals surface area contributed by atoms with E-state index >= 15 is 0 Å². The van der Waals surface area contributed by atoms with Crippen molar-refractivity contribution in [2.45, 2.75) is 44.6 Å². The van der Waals surface area contributed by atoms with Gasteiger partial charge in [-0.05, 0) is 37.5 Å². The first kappa shape index (κ1) is 15.4. The first-order valence-corrected chi connectivity index (χ1v) is 8.85. The summed E-state index contributed by atoms with van der Waals surface area (Å²) < 4.78 is 0. The van der Waals surface area contributed by atoms with Crippen LogP contribution in [0.15, 0.2) is 12.7 Å². The number of fused-ring (bicyclic) bond motifs is 1. The first-order chi connectivity index (χ1) is 11.7. The van der Waals surface area contributed by atoms with Crippen LogP contribution < -0.4 is 10.2 Å². The summed E-state index contributed by atoms with van der Waals surface area (Å²) in [5.74, 6) is 2.52. The highest BCUT2D eigenvalue weighted by Gasteiger charge is 2.35. The third kappa shape index (κ3) is 3.20. The Morgan fingerprint density at radius 2 is 2.12 bits per heavy atom.